The highest BCUT2D eigenvalue weighted by Gasteiger charge is 2.24. The zero-order valence-corrected chi connectivity index (χ0v) is 9.33. The van der Waals surface area contributed by atoms with Crippen LogP contribution in [0.1, 0.15) is 36.6 Å². The number of hydrogen-bond donors (Lipinski definition) is 0. The van der Waals surface area contributed by atoms with Gasteiger partial charge in [-0.3, -0.25) is 0 Å². The van der Waals surface area contributed by atoms with Crippen LogP contribution in [0.5, 0.6) is 0 Å². The van der Waals surface area contributed by atoms with Gasteiger partial charge in [-0.15, -0.1) is 5.10 Å². The van der Waals surface area contributed by atoms with Crippen molar-refractivity contribution < 1.29 is 0 Å². The molecule has 0 spiro atoms. The lowest BCUT2D eigenvalue weighted by molar-refractivity contribution is 0.402. The van der Waals surface area contributed by atoms with Gasteiger partial charge in [0.05, 0.1) is 0 Å². The van der Waals surface area contributed by atoms with E-state index in [-0.39, 0.29) is 0 Å². The lowest BCUT2D eigenvalue weighted by Gasteiger charge is -2.21. The van der Waals surface area contributed by atoms with E-state index in [9.17, 15) is 0 Å². The maximum absolute atomic E-state index is 6.10. The first kappa shape index (κ1) is 9.16. The molecule has 3 nitrogen and oxygen atoms in total. The maximum atomic E-state index is 6.10. The molecule has 0 atom stereocenters. The molecule has 0 amide bonds. The Balaban J connectivity index is 2.16. The molecule has 0 N–H and O–H groups in total. The second kappa shape index (κ2) is 3.20. The summed E-state index contributed by atoms with van der Waals surface area (Å²) < 4.78 is 1.72. The number of hydrogen-bond acceptors (Lipinski definition) is 2. The number of nitrogens with zero attached hydrogens (tertiary/aromatic N) is 3. The summed E-state index contributed by atoms with van der Waals surface area (Å²) in [7, 11) is 0. The van der Waals surface area contributed by atoms with Crippen molar-refractivity contribution in [1.29, 1.82) is 0 Å². The van der Waals surface area contributed by atoms with E-state index < -0.39 is 0 Å². The number of aryl methyl sites for hydroxylation is 1. The van der Waals surface area contributed by atoms with Gasteiger partial charge in [0.15, 0.2) is 11.5 Å². The molecule has 0 aliphatic heterocycles. The van der Waals surface area contributed by atoms with Crippen LogP contribution in [0.4, 0.5) is 0 Å². The summed E-state index contributed by atoms with van der Waals surface area (Å²) in [6, 6.07) is 3.93. The van der Waals surface area contributed by atoms with Crippen LogP contribution < -0.4 is 0 Å². The quantitative estimate of drug-likeness (QED) is 0.693. The van der Waals surface area contributed by atoms with Crippen LogP contribution in [0.15, 0.2) is 12.1 Å². The van der Waals surface area contributed by atoms with Crippen LogP contribution >= 0.6 is 11.6 Å². The minimum atomic E-state index is 0.557. The van der Waals surface area contributed by atoms with Gasteiger partial charge in [0.1, 0.15) is 5.15 Å². The number of rotatable bonds is 1. The van der Waals surface area contributed by atoms with Crippen molar-refractivity contribution in [3.63, 3.8) is 0 Å². The molecule has 15 heavy (non-hydrogen) atoms. The SMILES string of the molecule is Cc1cc(Cl)n2nc(C3CCC3)nc2c1. The Morgan fingerprint density at radius 2 is 2.20 bits per heavy atom. The molecule has 0 bridgehead atoms. The highest BCUT2D eigenvalue weighted by molar-refractivity contribution is 6.29. The van der Waals surface area contributed by atoms with Gasteiger partial charge in [0.2, 0.25) is 0 Å². The number of fused-ring (bicyclic) bond motifs is 1. The fraction of sp³-hybridized carbons (Fsp3) is 0.455. The van der Waals surface area contributed by atoms with Crippen LogP contribution in [-0.4, -0.2) is 14.6 Å². The van der Waals surface area contributed by atoms with Crippen molar-refractivity contribution in [3.05, 3.63) is 28.7 Å². The number of pyridine rings is 1. The average molecular weight is 222 g/mol. The van der Waals surface area contributed by atoms with Gasteiger partial charge in [-0.25, -0.2) is 9.50 Å². The maximum Gasteiger partial charge on any atom is 0.157 e. The fourth-order valence-electron chi connectivity index (χ4n) is 1.93. The van der Waals surface area contributed by atoms with Crippen molar-refractivity contribution in [1.82, 2.24) is 14.6 Å². The summed E-state index contributed by atoms with van der Waals surface area (Å²) in [5, 5.41) is 5.09. The topological polar surface area (TPSA) is 30.2 Å². The summed E-state index contributed by atoms with van der Waals surface area (Å²) in [6.45, 7) is 2.02. The van der Waals surface area contributed by atoms with Crippen LogP contribution in [0.25, 0.3) is 5.65 Å². The Morgan fingerprint density at radius 3 is 2.87 bits per heavy atom. The number of aromatic nitrogens is 3. The first-order chi connectivity index (χ1) is 7.24. The Bertz CT molecular complexity index is 514. The summed E-state index contributed by atoms with van der Waals surface area (Å²) in [5.41, 5.74) is 1.99. The molecule has 0 radical (unpaired) electrons. The second-order valence-electron chi connectivity index (χ2n) is 4.22. The second-order valence-corrected chi connectivity index (χ2v) is 4.61. The van der Waals surface area contributed by atoms with Crippen molar-refractivity contribution >= 4 is 17.2 Å². The molecule has 1 aliphatic rings. The fourth-order valence-corrected chi connectivity index (χ4v) is 2.22. The lowest BCUT2D eigenvalue weighted by atomic mass is 9.85. The molecule has 0 aromatic carbocycles. The first-order valence-electron chi connectivity index (χ1n) is 5.27. The molecule has 2 aromatic heterocycles. The van der Waals surface area contributed by atoms with E-state index in [1.165, 1.54) is 19.3 Å². The van der Waals surface area contributed by atoms with E-state index in [0.29, 0.717) is 11.1 Å². The largest absolute Gasteiger partial charge is 0.212 e. The molecule has 1 saturated carbocycles. The van der Waals surface area contributed by atoms with Crippen LogP contribution in [-0.2, 0) is 0 Å². The Morgan fingerprint density at radius 1 is 1.40 bits per heavy atom. The van der Waals surface area contributed by atoms with Gasteiger partial charge >= 0.3 is 0 Å². The summed E-state index contributed by atoms with van der Waals surface area (Å²) in [5.74, 6) is 1.51. The molecule has 78 valence electrons. The Labute approximate surface area is 93.1 Å². The third kappa shape index (κ3) is 1.42. The molecule has 1 aliphatic carbocycles. The minimum absolute atomic E-state index is 0.557. The van der Waals surface area contributed by atoms with E-state index in [2.05, 4.69) is 10.1 Å². The molecule has 0 unspecified atom stereocenters. The van der Waals surface area contributed by atoms with E-state index in [4.69, 9.17) is 11.6 Å². The monoisotopic (exact) mass is 221 g/mol. The van der Waals surface area contributed by atoms with Crippen LogP contribution in [0.2, 0.25) is 5.15 Å². The van der Waals surface area contributed by atoms with Gasteiger partial charge in [0, 0.05) is 5.92 Å². The van der Waals surface area contributed by atoms with E-state index in [1.54, 1.807) is 4.52 Å². The van der Waals surface area contributed by atoms with E-state index >= 15 is 0 Å². The minimum Gasteiger partial charge on any atom is -0.212 e. The zero-order valence-electron chi connectivity index (χ0n) is 8.57. The van der Waals surface area contributed by atoms with Gasteiger partial charge in [0.25, 0.3) is 0 Å². The van der Waals surface area contributed by atoms with Gasteiger partial charge in [-0.05, 0) is 37.5 Å². The van der Waals surface area contributed by atoms with Crippen molar-refractivity contribution in [2.75, 3.05) is 0 Å². The van der Waals surface area contributed by atoms with E-state index in [1.807, 2.05) is 19.1 Å². The molecule has 3 rings (SSSR count). The molecule has 2 aromatic rings. The molecular formula is C11H12ClN3. The highest BCUT2D eigenvalue weighted by Crippen LogP contribution is 2.34. The Kier molecular flexibility index (Phi) is 1.96. The zero-order chi connectivity index (χ0) is 10.4. The lowest BCUT2D eigenvalue weighted by Crippen LogP contribution is -2.10. The molecule has 0 saturated heterocycles. The average Bonchev–Trinajstić information content (AvgIpc) is 2.44. The third-order valence-corrected chi connectivity index (χ3v) is 3.29. The predicted molar refractivity (Wildman–Crippen MR) is 59.3 cm³/mol. The van der Waals surface area contributed by atoms with E-state index in [0.717, 1.165) is 17.0 Å². The molecule has 2 heterocycles. The standard InChI is InChI=1S/C11H12ClN3/c1-7-5-9(12)15-10(6-7)13-11(14-15)8-3-2-4-8/h5-6,8H,2-4H2,1H3. The van der Waals surface area contributed by atoms with Crippen molar-refractivity contribution in [2.24, 2.45) is 0 Å². The summed E-state index contributed by atoms with van der Waals surface area (Å²) in [4.78, 5) is 4.52. The van der Waals surface area contributed by atoms with Crippen LogP contribution in [0.3, 0.4) is 0 Å². The smallest absolute Gasteiger partial charge is 0.157 e. The number of halogens is 1. The summed E-state index contributed by atoms with van der Waals surface area (Å²) >= 11 is 6.10. The van der Waals surface area contributed by atoms with Gasteiger partial charge in [-0.1, -0.05) is 18.0 Å². The van der Waals surface area contributed by atoms with Gasteiger partial charge in [-0.2, -0.15) is 0 Å². The first-order valence-corrected chi connectivity index (χ1v) is 5.64. The third-order valence-electron chi connectivity index (χ3n) is 3.02. The van der Waals surface area contributed by atoms with Crippen molar-refractivity contribution in [2.45, 2.75) is 32.1 Å². The van der Waals surface area contributed by atoms with Crippen LogP contribution in [0, 0.1) is 6.92 Å². The Hall–Kier alpha value is -1.09. The molecule has 1 fully saturated rings. The van der Waals surface area contributed by atoms with Gasteiger partial charge < -0.3 is 0 Å². The molecule has 4 heteroatoms. The predicted octanol–water partition coefficient (Wildman–Crippen LogP) is 2.96. The summed E-state index contributed by atoms with van der Waals surface area (Å²) in [6.07, 6.45) is 3.73. The highest BCUT2D eigenvalue weighted by atomic mass is 35.5. The molecular weight excluding hydrogens is 210 g/mol. The normalized spacial score (nSPS) is 16.9. The van der Waals surface area contributed by atoms with Crippen molar-refractivity contribution in [3.8, 4) is 0 Å².